The zero-order valence-electron chi connectivity index (χ0n) is 10.5. The average molecular weight is 252 g/mol. The van der Waals surface area contributed by atoms with Crippen LogP contribution in [0.4, 0.5) is 0 Å². The molecule has 0 spiro atoms. The number of carbonyl (C=O) groups is 1. The molecule has 1 fully saturated rings. The summed E-state index contributed by atoms with van der Waals surface area (Å²) in [6.45, 7) is 5.91. The van der Waals surface area contributed by atoms with Crippen LogP contribution in [0.3, 0.4) is 0 Å². The molecule has 1 aromatic rings. The maximum absolute atomic E-state index is 12.3. The monoisotopic (exact) mass is 252 g/mol. The number of nitrogens with one attached hydrogen (secondary N) is 2. The summed E-state index contributed by atoms with van der Waals surface area (Å²) in [6.07, 6.45) is 2.05. The predicted molar refractivity (Wildman–Crippen MR) is 71.1 cm³/mol. The summed E-state index contributed by atoms with van der Waals surface area (Å²) < 4.78 is 0. The lowest BCUT2D eigenvalue weighted by Crippen LogP contribution is -2.49. The second-order valence-electron chi connectivity index (χ2n) is 5.09. The predicted octanol–water partition coefficient (Wildman–Crippen LogP) is 2.32. The minimum atomic E-state index is -0.247. The number of amides is 1. The Labute approximate surface area is 107 Å². The maximum Gasteiger partial charge on any atom is 0.227 e. The van der Waals surface area contributed by atoms with Crippen LogP contribution in [-0.2, 0) is 4.79 Å². The maximum atomic E-state index is 12.3. The molecule has 17 heavy (non-hydrogen) atoms. The van der Waals surface area contributed by atoms with E-state index in [9.17, 15) is 4.79 Å². The molecule has 1 amide bonds. The van der Waals surface area contributed by atoms with E-state index in [1.165, 1.54) is 5.56 Å². The molecule has 2 unspecified atom stereocenters. The molecule has 1 aliphatic heterocycles. The molecule has 94 valence electrons. The van der Waals surface area contributed by atoms with E-state index in [4.69, 9.17) is 0 Å². The molecule has 0 bridgehead atoms. The summed E-state index contributed by atoms with van der Waals surface area (Å²) in [5, 5.41) is 10.6. The molecule has 2 N–H and O–H groups in total. The van der Waals surface area contributed by atoms with Crippen LogP contribution in [0.25, 0.3) is 0 Å². The molecule has 0 aromatic carbocycles. The van der Waals surface area contributed by atoms with Crippen LogP contribution in [0.2, 0.25) is 0 Å². The largest absolute Gasteiger partial charge is 0.349 e. The third-order valence-corrected chi connectivity index (χ3v) is 4.24. The molecule has 4 heteroatoms. The second-order valence-corrected chi connectivity index (χ2v) is 5.87. The molecule has 2 atom stereocenters. The first-order chi connectivity index (χ1) is 8.12. The number of hydrogen-bond donors (Lipinski definition) is 2. The summed E-state index contributed by atoms with van der Waals surface area (Å²) >= 11 is 1.67. The first kappa shape index (κ1) is 12.6. The van der Waals surface area contributed by atoms with Crippen molar-refractivity contribution in [2.75, 3.05) is 13.1 Å². The van der Waals surface area contributed by atoms with Gasteiger partial charge >= 0.3 is 0 Å². The number of hydrogen-bond acceptors (Lipinski definition) is 3. The van der Waals surface area contributed by atoms with E-state index in [2.05, 4.69) is 29.0 Å². The van der Waals surface area contributed by atoms with Crippen LogP contribution in [0.1, 0.15) is 38.3 Å². The lowest BCUT2D eigenvalue weighted by molar-refractivity contribution is -0.131. The van der Waals surface area contributed by atoms with Crippen molar-refractivity contribution >= 4 is 17.2 Å². The Kier molecular flexibility index (Phi) is 3.84. The SMILES string of the molecule is CC(NC(=O)C1(C)CCCNC1)c1ccsc1. The standard InChI is InChI=1S/C13H20N2OS/c1-10(11-4-7-17-8-11)15-12(16)13(2)5-3-6-14-9-13/h4,7-8,10,14H,3,5-6,9H2,1-2H3,(H,15,16). The smallest absolute Gasteiger partial charge is 0.227 e. The highest BCUT2D eigenvalue weighted by molar-refractivity contribution is 7.07. The Morgan fingerprint density at radius 3 is 3.06 bits per heavy atom. The van der Waals surface area contributed by atoms with E-state index in [0.717, 1.165) is 25.9 Å². The van der Waals surface area contributed by atoms with Crippen molar-refractivity contribution in [3.05, 3.63) is 22.4 Å². The second kappa shape index (κ2) is 5.19. The van der Waals surface area contributed by atoms with Crippen LogP contribution in [-0.4, -0.2) is 19.0 Å². The lowest BCUT2D eigenvalue weighted by Gasteiger charge is -2.33. The Balaban J connectivity index is 1.96. The first-order valence-electron chi connectivity index (χ1n) is 6.16. The van der Waals surface area contributed by atoms with Gasteiger partial charge in [0.25, 0.3) is 0 Å². The van der Waals surface area contributed by atoms with E-state index in [1.54, 1.807) is 11.3 Å². The van der Waals surface area contributed by atoms with Crippen molar-refractivity contribution in [1.29, 1.82) is 0 Å². The van der Waals surface area contributed by atoms with Gasteiger partial charge in [0.05, 0.1) is 11.5 Å². The van der Waals surface area contributed by atoms with Gasteiger partial charge in [0, 0.05) is 6.54 Å². The third-order valence-electron chi connectivity index (χ3n) is 3.54. The molecule has 1 aliphatic rings. The number of rotatable bonds is 3. The summed E-state index contributed by atoms with van der Waals surface area (Å²) in [5.41, 5.74) is 0.943. The van der Waals surface area contributed by atoms with Crippen molar-refractivity contribution in [3.63, 3.8) is 0 Å². The highest BCUT2D eigenvalue weighted by Crippen LogP contribution is 2.27. The van der Waals surface area contributed by atoms with E-state index < -0.39 is 0 Å². The average Bonchev–Trinajstić information content (AvgIpc) is 2.83. The molecular weight excluding hydrogens is 232 g/mol. The van der Waals surface area contributed by atoms with Gasteiger partial charge in [-0.25, -0.2) is 0 Å². The molecule has 1 aromatic heterocycles. The van der Waals surface area contributed by atoms with Gasteiger partial charge in [0.2, 0.25) is 5.91 Å². The minimum Gasteiger partial charge on any atom is -0.349 e. The van der Waals surface area contributed by atoms with Crippen molar-refractivity contribution < 1.29 is 4.79 Å². The van der Waals surface area contributed by atoms with Crippen molar-refractivity contribution in [2.24, 2.45) is 5.41 Å². The molecular formula is C13H20N2OS. The van der Waals surface area contributed by atoms with E-state index in [-0.39, 0.29) is 17.4 Å². The van der Waals surface area contributed by atoms with E-state index >= 15 is 0 Å². The first-order valence-corrected chi connectivity index (χ1v) is 7.10. The molecule has 0 radical (unpaired) electrons. The zero-order valence-corrected chi connectivity index (χ0v) is 11.3. The van der Waals surface area contributed by atoms with Gasteiger partial charge in [-0.2, -0.15) is 11.3 Å². The van der Waals surface area contributed by atoms with Crippen LogP contribution in [0.5, 0.6) is 0 Å². The van der Waals surface area contributed by atoms with Crippen molar-refractivity contribution in [3.8, 4) is 0 Å². The Hall–Kier alpha value is -0.870. The summed E-state index contributed by atoms with van der Waals surface area (Å²) in [5.74, 6) is 0.170. The third kappa shape index (κ3) is 2.87. The molecule has 2 rings (SSSR count). The van der Waals surface area contributed by atoms with Gasteiger partial charge in [0.15, 0.2) is 0 Å². The summed E-state index contributed by atoms with van der Waals surface area (Å²) in [7, 11) is 0. The highest BCUT2D eigenvalue weighted by atomic mass is 32.1. The fourth-order valence-electron chi connectivity index (χ4n) is 2.23. The van der Waals surface area contributed by atoms with Crippen LogP contribution in [0.15, 0.2) is 16.8 Å². The Morgan fingerprint density at radius 2 is 2.47 bits per heavy atom. The van der Waals surface area contributed by atoms with E-state index in [0.29, 0.717) is 0 Å². The number of piperidine rings is 1. The molecule has 0 saturated carbocycles. The van der Waals surface area contributed by atoms with E-state index in [1.807, 2.05) is 12.3 Å². The fourth-order valence-corrected chi connectivity index (χ4v) is 2.98. The quantitative estimate of drug-likeness (QED) is 0.867. The van der Waals surface area contributed by atoms with Crippen molar-refractivity contribution in [2.45, 2.75) is 32.7 Å². The molecule has 3 nitrogen and oxygen atoms in total. The van der Waals surface area contributed by atoms with Gasteiger partial charge in [0.1, 0.15) is 0 Å². The van der Waals surface area contributed by atoms with Crippen LogP contribution >= 0.6 is 11.3 Å². The zero-order chi connectivity index (χ0) is 12.3. The number of carbonyl (C=O) groups excluding carboxylic acids is 1. The number of thiophene rings is 1. The van der Waals surface area contributed by atoms with Gasteiger partial charge in [-0.05, 0) is 55.6 Å². The van der Waals surface area contributed by atoms with Crippen molar-refractivity contribution in [1.82, 2.24) is 10.6 Å². The van der Waals surface area contributed by atoms with Crippen LogP contribution < -0.4 is 10.6 Å². The minimum absolute atomic E-state index is 0.104. The van der Waals surface area contributed by atoms with Crippen LogP contribution in [0, 0.1) is 5.41 Å². The van der Waals surface area contributed by atoms with Gasteiger partial charge in [-0.1, -0.05) is 0 Å². The summed E-state index contributed by atoms with van der Waals surface area (Å²) in [4.78, 5) is 12.3. The summed E-state index contributed by atoms with van der Waals surface area (Å²) in [6, 6.07) is 2.17. The Bertz CT molecular complexity index is 369. The normalized spacial score (nSPS) is 26.5. The molecule has 2 heterocycles. The van der Waals surface area contributed by atoms with Gasteiger partial charge in [-0.15, -0.1) is 0 Å². The Morgan fingerprint density at radius 1 is 1.65 bits per heavy atom. The molecule has 1 saturated heterocycles. The highest BCUT2D eigenvalue weighted by Gasteiger charge is 2.35. The lowest BCUT2D eigenvalue weighted by atomic mass is 9.81. The fraction of sp³-hybridized carbons (Fsp3) is 0.615. The molecule has 0 aliphatic carbocycles. The van der Waals surface area contributed by atoms with Gasteiger partial charge < -0.3 is 10.6 Å². The van der Waals surface area contributed by atoms with Gasteiger partial charge in [-0.3, -0.25) is 4.79 Å². The topological polar surface area (TPSA) is 41.1 Å².